The van der Waals surface area contributed by atoms with Crippen LogP contribution in [0.4, 0.5) is 0 Å². The van der Waals surface area contributed by atoms with Gasteiger partial charge in [0.25, 0.3) is 5.78 Å². The number of amides is 1. The lowest BCUT2D eigenvalue weighted by Gasteiger charge is -2.20. The maximum absolute atomic E-state index is 12.3. The molecule has 0 unspecified atom stereocenters. The van der Waals surface area contributed by atoms with Gasteiger partial charge in [-0.25, -0.2) is 9.50 Å². The maximum atomic E-state index is 12.3. The van der Waals surface area contributed by atoms with E-state index in [1.165, 1.54) is 6.33 Å². The molecular weight excluding hydrogens is 382 g/mol. The third-order valence-corrected chi connectivity index (χ3v) is 5.02. The van der Waals surface area contributed by atoms with E-state index in [2.05, 4.69) is 20.4 Å². The molecular formula is C19H20ClN5O3. The van der Waals surface area contributed by atoms with Gasteiger partial charge < -0.3 is 14.8 Å². The van der Waals surface area contributed by atoms with Gasteiger partial charge in [0.1, 0.15) is 19.5 Å². The minimum atomic E-state index is -0.0523. The number of benzene rings is 1. The van der Waals surface area contributed by atoms with Crippen molar-refractivity contribution in [2.24, 2.45) is 0 Å². The smallest absolute Gasteiger partial charge is 0.252 e. The van der Waals surface area contributed by atoms with Crippen LogP contribution < -0.4 is 14.8 Å². The Balaban J connectivity index is 1.39. The molecule has 3 heterocycles. The molecule has 0 spiro atoms. The van der Waals surface area contributed by atoms with Crippen LogP contribution in [0.1, 0.15) is 28.9 Å². The van der Waals surface area contributed by atoms with Crippen LogP contribution in [0.2, 0.25) is 5.02 Å². The van der Waals surface area contributed by atoms with Crippen molar-refractivity contribution in [1.29, 1.82) is 0 Å². The molecule has 0 saturated carbocycles. The first-order valence-corrected chi connectivity index (χ1v) is 9.41. The van der Waals surface area contributed by atoms with Crippen LogP contribution in [0.15, 0.2) is 18.5 Å². The Morgan fingerprint density at radius 1 is 1.29 bits per heavy atom. The maximum Gasteiger partial charge on any atom is 0.252 e. The van der Waals surface area contributed by atoms with E-state index >= 15 is 0 Å². The molecule has 0 bridgehead atoms. The second-order valence-corrected chi connectivity index (χ2v) is 7.02. The fraction of sp³-hybridized carbons (Fsp3) is 0.368. The van der Waals surface area contributed by atoms with Gasteiger partial charge in [0.2, 0.25) is 5.91 Å². The summed E-state index contributed by atoms with van der Waals surface area (Å²) in [6.07, 6.45) is 2.40. The highest BCUT2D eigenvalue weighted by Crippen LogP contribution is 2.38. The SMILES string of the molecule is Cc1nc2ncnn2c(C)c1CCC(=O)NCc1cc(Cl)c2c(c1)OCCO2. The molecule has 1 aromatic carbocycles. The second-order valence-electron chi connectivity index (χ2n) is 6.61. The number of fused-ring (bicyclic) bond motifs is 2. The molecule has 4 rings (SSSR count). The Bertz CT molecular complexity index is 1050. The summed E-state index contributed by atoms with van der Waals surface area (Å²) in [5.74, 6) is 1.69. The second kappa shape index (κ2) is 7.63. The minimum absolute atomic E-state index is 0.0523. The third-order valence-electron chi connectivity index (χ3n) is 4.74. The van der Waals surface area contributed by atoms with Crippen molar-refractivity contribution < 1.29 is 14.3 Å². The Kier molecular flexibility index (Phi) is 5.04. The van der Waals surface area contributed by atoms with Crippen LogP contribution in [0.5, 0.6) is 11.5 Å². The van der Waals surface area contributed by atoms with Gasteiger partial charge in [-0.3, -0.25) is 4.79 Å². The predicted octanol–water partition coefficient (Wildman–Crippen LogP) is 2.41. The summed E-state index contributed by atoms with van der Waals surface area (Å²) in [7, 11) is 0. The molecule has 0 radical (unpaired) electrons. The zero-order chi connectivity index (χ0) is 19.7. The molecule has 28 heavy (non-hydrogen) atoms. The van der Waals surface area contributed by atoms with Crippen molar-refractivity contribution in [2.45, 2.75) is 33.2 Å². The first-order chi connectivity index (χ1) is 13.5. The Labute approximate surface area is 166 Å². The first-order valence-electron chi connectivity index (χ1n) is 9.03. The van der Waals surface area contributed by atoms with Crippen LogP contribution in [0.25, 0.3) is 5.78 Å². The number of carbonyl (C=O) groups is 1. The molecule has 146 valence electrons. The summed E-state index contributed by atoms with van der Waals surface area (Å²) in [5.41, 5.74) is 3.69. The van der Waals surface area contributed by atoms with Crippen molar-refractivity contribution in [3.05, 3.63) is 46.0 Å². The molecule has 3 aromatic rings. The Hall–Kier alpha value is -2.87. The minimum Gasteiger partial charge on any atom is -0.486 e. The van der Waals surface area contributed by atoms with Gasteiger partial charge in [0, 0.05) is 24.4 Å². The summed E-state index contributed by atoms with van der Waals surface area (Å²) in [6, 6.07) is 3.63. The van der Waals surface area contributed by atoms with E-state index in [0.717, 1.165) is 22.5 Å². The van der Waals surface area contributed by atoms with E-state index in [4.69, 9.17) is 21.1 Å². The number of halogens is 1. The monoisotopic (exact) mass is 401 g/mol. The van der Waals surface area contributed by atoms with Crippen molar-refractivity contribution >= 4 is 23.3 Å². The molecule has 8 nitrogen and oxygen atoms in total. The lowest BCUT2D eigenvalue weighted by atomic mass is 10.1. The van der Waals surface area contributed by atoms with Crippen molar-refractivity contribution in [3.8, 4) is 11.5 Å². The largest absolute Gasteiger partial charge is 0.486 e. The highest BCUT2D eigenvalue weighted by molar-refractivity contribution is 6.32. The van der Waals surface area contributed by atoms with E-state index in [1.54, 1.807) is 10.6 Å². The van der Waals surface area contributed by atoms with Gasteiger partial charge in [-0.1, -0.05) is 11.6 Å². The molecule has 0 atom stereocenters. The van der Waals surface area contributed by atoms with Gasteiger partial charge in [0.15, 0.2) is 11.5 Å². The van der Waals surface area contributed by atoms with Crippen LogP contribution in [-0.2, 0) is 17.8 Å². The molecule has 0 aliphatic carbocycles. The van der Waals surface area contributed by atoms with Gasteiger partial charge in [-0.2, -0.15) is 10.1 Å². The predicted molar refractivity (Wildman–Crippen MR) is 103 cm³/mol. The molecule has 1 amide bonds. The number of nitrogens with one attached hydrogen (secondary N) is 1. The molecule has 9 heteroatoms. The van der Waals surface area contributed by atoms with Gasteiger partial charge in [-0.15, -0.1) is 0 Å². The quantitative estimate of drug-likeness (QED) is 0.706. The molecule has 1 N–H and O–H groups in total. The Morgan fingerprint density at radius 3 is 2.96 bits per heavy atom. The lowest BCUT2D eigenvalue weighted by Crippen LogP contribution is -2.24. The van der Waals surface area contributed by atoms with Crippen LogP contribution >= 0.6 is 11.6 Å². The number of nitrogens with zero attached hydrogens (tertiary/aromatic N) is 4. The highest BCUT2D eigenvalue weighted by atomic mass is 35.5. The average Bonchev–Trinajstić information content (AvgIpc) is 3.15. The normalized spacial score (nSPS) is 13.0. The van der Waals surface area contributed by atoms with Crippen molar-refractivity contribution in [3.63, 3.8) is 0 Å². The average molecular weight is 402 g/mol. The summed E-state index contributed by atoms with van der Waals surface area (Å²) >= 11 is 6.24. The zero-order valence-corrected chi connectivity index (χ0v) is 16.4. The zero-order valence-electron chi connectivity index (χ0n) is 15.7. The third kappa shape index (κ3) is 3.60. The van der Waals surface area contributed by atoms with E-state index in [-0.39, 0.29) is 5.91 Å². The molecule has 1 aliphatic rings. The standard InChI is InChI=1S/C19H20ClN5O3/c1-11-14(12(2)25-19(24-11)22-10-23-25)3-4-17(26)21-9-13-7-15(20)18-16(8-13)27-5-6-28-18/h7-8,10H,3-6,9H2,1-2H3,(H,21,26). The number of carbonyl (C=O) groups excluding carboxylic acids is 1. The van der Waals surface area contributed by atoms with E-state index in [1.807, 2.05) is 19.9 Å². The van der Waals surface area contributed by atoms with Crippen molar-refractivity contribution in [2.75, 3.05) is 13.2 Å². The van der Waals surface area contributed by atoms with Crippen LogP contribution in [0.3, 0.4) is 0 Å². The fourth-order valence-corrected chi connectivity index (χ4v) is 3.60. The van der Waals surface area contributed by atoms with E-state index in [0.29, 0.717) is 54.9 Å². The summed E-state index contributed by atoms with van der Waals surface area (Å²) in [5, 5.41) is 7.59. The summed E-state index contributed by atoms with van der Waals surface area (Å²) < 4.78 is 12.8. The topological polar surface area (TPSA) is 90.6 Å². The van der Waals surface area contributed by atoms with Crippen molar-refractivity contribution in [1.82, 2.24) is 24.9 Å². The van der Waals surface area contributed by atoms with Gasteiger partial charge >= 0.3 is 0 Å². The molecule has 2 aromatic heterocycles. The van der Waals surface area contributed by atoms with Crippen LogP contribution in [-0.4, -0.2) is 38.7 Å². The number of hydrogen-bond donors (Lipinski definition) is 1. The summed E-state index contributed by atoms with van der Waals surface area (Å²) in [6.45, 7) is 5.22. The number of aromatic nitrogens is 4. The lowest BCUT2D eigenvalue weighted by molar-refractivity contribution is -0.121. The first kappa shape index (κ1) is 18.5. The van der Waals surface area contributed by atoms with Crippen LogP contribution in [0, 0.1) is 13.8 Å². The number of rotatable bonds is 5. The molecule has 1 aliphatic heterocycles. The highest BCUT2D eigenvalue weighted by Gasteiger charge is 2.17. The van der Waals surface area contributed by atoms with Gasteiger partial charge in [-0.05, 0) is 43.5 Å². The van der Waals surface area contributed by atoms with E-state index < -0.39 is 0 Å². The number of aryl methyl sites for hydroxylation is 2. The number of hydrogen-bond acceptors (Lipinski definition) is 6. The Morgan fingerprint density at radius 2 is 2.11 bits per heavy atom. The summed E-state index contributed by atoms with van der Waals surface area (Å²) in [4.78, 5) is 20.9. The van der Waals surface area contributed by atoms with E-state index in [9.17, 15) is 4.79 Å². The van der Waals surface area contributed by atoms with Gasteiger partial charge in [0.05, 0.1) is 5.02 Å². The number of ether oxygens (including phenoxy) is 2. The fourth-order valence-electron chi connectivity index (χ4n) is 3.31. The molecule has 0 fully saturated rings. The molecule has 0 saturated heterocycles.